The molecule has 24 heavy (non-hydrogen) atoms. The molecule has 2 amide bonds. The van der Waals surface area contributed by atoms with Crippen molar-refractivity contribution in [2.45, 2.75) is 19.8 Å². The van der Waals surface area contributed by atoms with Gasteiger partial charge >= 0.3 is 0 Å². The predicted molar refractivity (Wildman–Crippen MR) is 92.3 cm³/mol. The zero-order chi connectivity index (χ0) is 17.2. The molecule has 1 heterocycles. The first-order chi connectivity index (χ1) is 11.7. The Morgan fingerprint density at radius 2 is 1.79 bits per heavy atom. The summed E-state index contributed by atoms with van der Waals surface area (Å²) in [5.41, 5.74) is 4.77. The molecule has 6 nitrogen and oxygen atoms in total. The minimum absolute atomic E-state index is 0.252. The van der Waals surface area contributed by atoms with Gasteiger partial charge in [-0.25, -0.2) is 0 Å². The number of hydrazine groups is 1. The van der Waals surface area contributed by atoms with Crippen molar-refractivity contribution >= 4 is 23.2 Å². The van der Waals surface area contributed by atoms with Crippen molar-refractivity contribution in [2.75, 3.05) is 13.2 Å². The highest BCUT2D eigenvalue weighted by Gasteiger charge is 2.08. The maximum Gasteiger partial charge on any atom is 0.279 e. The van der Waals surface area contributed by atoms with Gasteiger partial charge in [-0.2, -0.15) is 0 Å². The largest absolute Gasteiger partial charge is 0.490 e. The van der Waals surface area contributed by atoms with Gasteiger partial charge in [0.1, 0.15) is 0 Å². The molecule has 2 aromatic rings. The van der Waals surface area contributed by atoms with Crippen LogP contribution < -0.4 is 20.3 Å². The van der Waals surface area contributed by atoms with Gasteiger partial charge in [0.05, 0.1) is 18.1 Å². The summed E-state index contributed by atoms with van der Waals surface area (Å²) in [5, 5.41) is 1.80. The quantitative estimate of drug-likeness (QED) is 0.568. The van der Waals surface area contributed by atoms with Gasteiger partial charge < -0.3 is 9.47 Å². The molecule has 0 radical (unpaired) electrons. The van der Waals surface area contributed by atoms with Crippen molar-refractivity contribution in [1.29, 1.82) is 0 Å². The lowest BCUT2D eigenvalue weighted by molar-refractivity contribution is -0.122. The van der Waals surface area contributed by atoms with Crippen molar-refractivity contribution in [3.05, 3.63) is 46.7 Å². The number of benzene rings is 1. The molecular weight excluding hydrogens is 328 g/mol. The zero-order valence-electron chi connectivity index (χ0n) is 13.4. The summed E-state index contributed by atoms with van der Waals surface area (Å²) in [6, 6.07) is 10.9. The number of thiophene rings is 1. The Bertz CT molecular complexity index is 658. The van der Waals surface area contributed by atoms with Gasteiger partial charge in [0.15, 0.2) is 11.5 Å². The molecule has 0 aliphatic carbocycles. The molecule has 0 saturated heterocycles. The second kappa shape index (κ2) is 9.57. The van der Waals surface area contributed by atoms with Crippen LogP contribution in [-0.2, 0) is 4.79 Å². The molecule has 0 fully saturated rings. The lowest BCUT2D eigenvalue weighted by atomic mass is 10.3. The van der Waals surface area contributed by atoms with Crippen molar-refractivity contribution in [2.24, 2.45) is 0 Å². The van der Waals surface area contributed by atoms with E-state index >= 15 is 0 Å². The van der Waals surface area contributed by atoms with Crippen LogP contribution in [0.3, 0.4) is 0 Å². The lowest BCUT2D eigenvalue weighted by Crippen LogP contribution is -2.41. The van der Waals surface area contributed by atoms with Crippen LogP contribution in [0, 0.1) is 0 Å². The molecular formula is C17H20N2O4S. The monoisotopic (exact) mass is 348 g/mol. The second-order valence-electron chi connectivity index (χ2n) is 4.81. The number of amides is 2. The van der Waals surface area contributed by atoms with E-state index in [0.717, 1.165) is 0 Å². The minimum atomic E-state index is -0.319. The van der Waals surface area contributed by atoms with E-state index in [1.165, 1.54) is 11.3 Å². The summed E-state index contributed by atoms with van der Waals surface area (Å²) in [7, 11) is 0. The molecule has 0 spiro atoms. The number of carbonyl (C=O) groups is 2. The highest BCUT2D eigenvalue weighted by Crippen LogP contribution is 2.26. The van der Waals surface area contributed by atoms with Crippen LogP contribution >= 0.6 is 11.3 Å². The minimum Gasteiger partial charge on any atom is -0.490 e. The van der Waals surface area contributed by atoms with Crippen LogP contribution in [0.15, 0.2) is 41.8 Å². The summed E-state index contributed by atoms with van der Waals surface area (Å²) in [6.07, 6.45) is 0.780. The van der Waals surface area contributed by atoms with Crippen LogP contribution in [0.2, 0.25) is 0 Å². The van der Waals surface area contributed by atoms with Gasteiger partial charge in [-0.1, -0.05) is 18.2 Å². The molecule has 0 saturated carbocycles. The Hall–Kier alpha value is -2.54. The van der Waals surface area contributed by atoms with E-state index in [1.54, 1.807) is 17.5 Å². The van der Waals surface area contributed by atoms with Crippen molar-refractivity contribution < 1.29 is 19.1 Å². The second-order valence-corrected chi connectivity index (χ2v) is 5.76. The fourth-order valence-electron chi connectivity index (χ4n) is 1.92. The van der Waals surface area contributed by atoms with Crippen LogP contribution in [-0.4, -0.2) is 25.0 Å². The molecule has 0 bridgehead atoms. The molecule has 1 aromatic heterocycles. The molecule has 0 atom stereocenters. The van der Waals surface area contributed by atoms with Crippen molar-refractivity contribution in [3.8, 4) is 11.5 Å². The summed E-state index contributed by atoms with van der Waals surface area (Å²) in [6.45, 7) is 2.86. The van der Waals surface area contributed by atoms with Gasteiger partial charge in [0, 0.05) is 6.42 Å². The number of hydrogen-bond donors (Lipinski definition) is 2. The molecule has 2 N–H and O–H groups in total. The molecule has 2 rings (SSSR count). The maximum atomic E-state index is 11.7. The first-order valence-electron chi connectivity index (χ1n) is 7.68. The number of para-hydroxylation sites is 2. The third-order valence-corrected chi connectivity index (χ3v) is 3.88. The first kappa shape index (κ1) is 17.8. The fourth-order valence-corrected chi connectivity index (χ4v) is 2.54. The number of ether oxygens (including phenoxy) is 2. The Morgan fingerprint density at radius 1 is 1.04 bits per heavy atom. The van der Waals surface area contributed by atoms with E-state index in [-0.39, 0.29) is 18.2 Å². The number of nitrogens with one attached hydrogen (secondary N) is 2. The maximum absolute atomic E-state index is 11.7. The average Bonchev–Trinajstić information content (AvgIpc) is 3.13. The number of carbonyl (C=O) groups excluding carboxylic acids is 2. The summed E-state index contributed by atoms with van der Waals surface area (Å²) < 4.78 is 11.1. The Morgan fingerprint density at radius 3 is 2.46 bits per heavy atom. The van der Waals surface area contributed by atoms with E-state index in [9.17, 15) is 9.59 Å². The highest BCUT2D eigenvalue weighted by atomic mass is 32.1. The van der Waals surface area contributed by atoms with E-state index in [1.807, 2.05) is 31.2 Å². The van der Waals surface area contributed by atoms with Crippen LogP contribution in [0.1, 0.15) is 29.4 Å². The van der Waals surface area contributed by atoms with E-state index in [0.29, 0.717) is 36.0 Å². The highest BCUT2D eigenvalue weighted by molar-refractivity contribution is 7.12. The topological polar surface area (TPSA) is 76.7 Å². The molecule has 1 aromatic carbocycles. The molecule has 0 aliphatic heterocycles. The number of rotatable bonds is 8. The Labute approximate surface area is 144 Å². The van der Waals surface area contributed by atoms with Gasteiger partial charge in [-0.3, -0.25) is 20.4 Å². The predicted octanol–water partition coefficient (Wildman–Crippen LogP) is 2.77. The van der Waals surface area contributed by atoms with Crippen molar-refractivity contribution in [3.63, 3.8) is 0 Å². The number of hydrogen-bond acceptors (Lipinski definition) is 5. The van der Waals surface area contributed by atoms with Gasteiger partial charge in [0.2, 0.25) is 5.91 Å². The van der Waals surface area contributed by atoms with Gasteiger partial charge in [-0.15, -0.1) is 11.3 Å². The van der Waals surface area contributed by atoms with Crippen LogP contribution in [0.5, 0.6) is 11.5 Å². The molecule has 0 unspecified atom stereocenters. The summed E-state index contributed by atoms with van der Waals surface area (Å²) in [4.78, 5) is 23.9. The standard InChI is InChI=1S/C17H20N2O4S/c1-2-22-13-7-3-4-8-14(13)23-11-5-10-16(20)18-19-17(21)15-9-6-12-24-15/h3-4,6-9,12H,2,5,10-11H2,1H3,(H,18,20)(H,19,21). The third kappa shape index (κ3) is 5.58. The zero-order valence-corrected chi connectivity index (χ0v) is 14.2. The smallest absolute Gasteiger partial charge is 0.279 e. The van der Waals surface area contributed by atoms with E-state index in [4.69, 9.17) is 9.47 Å². The SMILES string of the molecule is CCOc1ccccc1OCCCC(=O)NNC(=O)c1cccs1. The van der Waals surface area contributed by atoms with Gasteiger partial charge in [-0.05, 0) is 36.9 Å². The normalized spacial score (nSPS) is 10.0. The lowest BCUT2D eigenvalue weighted by Gasteiger charge is -2.11. The van der Waals surface area contributed by atoms with Crippen LogP contribution in [0.25, 0.3) is 0 Å². The summed E-state index contributed by atoms with van der Waals surface area (Å²) in [5.74, 6) is 0.764. The fraction of sp³-hybridized carbons (Fsp3) is 0.294. The van der Waals surface area contributed by atoms with Crippen molar-refractivity contribution in [1.82, 2.24) is 10.9 Å². The summed E-state index contributed by atoms with van der Waals surface area (Å²) >= 11 is 1.31. The molecule has 0 aliphatic rings. The van der Waals surface area contributed by atoms with Crippen LogP contribution in [0.4, 0.5) is 0 Å². The Kier molecular flexibility index (Phi) is 7.10. The average molecular weight is 348 g/mol. The molecule has 7 heteroatoms. The first-order valence-corrected chi connectivity index (χ1v) is 8.56. The third-order valence-electron chi connectivity index (χ3n) is 3.02. The Balaban J connectivity index is 1.65. The molecule has 128 valence electrons. The van der Waals surface area contributed by atoms with Gasteiger partial charge in [0.25, 0.3) is 5.91 Å². The van der Waals surface area contributed by atoms with E-state index < -0.39 is 0 Å². The van der Waals surface area contributed by atoms with E-state index in [2.05, 4.69) is 10.9 Å².